The van der Waals surface area contributed by atoms with Gasteiger partial charge in [-0.1, -0.05) is 77.6 Å². The second-order valence-corrected chi connectivity index (χ2v) is 6.41. The lowest BCUT2D eigenvalue weighted by Gasteiger charge is -2.05. The van der Waals surface area contributed by atoms with Crippen LogP contribution in [0.5, 0.6) is 0 Å². The largest absolute Gasteiger partial charge is 0.481 e. The van der Waals surface area contributed by atoms with Gasteiger partial charge in [0.1, 0.15) is 0 Å². The Balaban J connectivity index is 3.08. The number of carboxylic acids is 2. The molecule has 2 N–H and O–H groups in total. The van der Waals surface area contributed by atoms with E-state index in [0.717, 1.165) is 38.5 Å². The lowest BCUT2D eigenvalue weighted by Crippen LogP contribution is -2.08. The molecule has 4 heteroatoms. The molecule has 4 nitrogen and oxygen atoms in total. The normalized spacial score (nSPS) is 12.2. The Kier molecular flexibility index (Phi) is 14.1. The molecular formula is C18H34O4. The summed E-state index contributed by atoms with van der Waals surface area (Å²) in [6.45, 7) is 1.78. The van der Waals surface area contributed by atoms with E-state index in [1.807, 2.05) is 0 Å². The first-order chi connectivity index (χ1) is 10.5. The molecule has 0 aliphatic rings. The third-order valence-corrected chi connectivity index (χ3v) is 4.20. The molecule has 130 valence electrons. The number of rotatable bonds is 16. The van der Waals surface area contributed by atoms with Gasteiger partial charge >= 0.3 is 11.9 Å². The van der Waals surface area contributed by atoms with Crippen molar-refractivity contribution in [2.24, 2.45) is 5.92 Å². The average molecular weight is 314 g/mol. The van der Waals surface area contributed by atoms with Crippen molar-refractivity contribution < 1.29 is 19.8 Å². The van der Waals surface area contributed by atoms with Gasteiger partial charge in [-0.15, -0.1) is 0 Å². The molecule has 0 aliphatic carbocycles. The highest BCUT2D eigenvalue weighted by Gasteiger charge is 2.09. The summed E-state index contributed by atoms with van der Waals surface area (Å²) in [5.74, 6) is -1.56. The van der Waals surface area contributed by atoms with Crippen LogP contribution in [0.4, 0.5) is 0 Å². The maximum Gasteiger partial charge on any atom is 0.306 e. The van der Waals surface area contributed by atoms with Gasteiger partial charge in [0.15, 0.2) is 0 Å². The van der Waals surface area contributed by atoms with Crippen molar-refractivity contribution in [1.82, 2.24) is 0 Å². The van der Waals surface area contributed by atoms with Crippen LogP contribution >= 0.6 is 0 Å². The van der Waals surface area contributed by atoms with Crippen molar-refractivity contribution in [3.8, 4) is 0 Å². The molecule has 1 atom stereocenters. The second-order valence-electron chi connectivity index (χ2n) is 6.41. The number of carboxylic acid groups (broad SMARTS) is 2. The van der Waals surface area contributed by atoms with Gasteiger partial charge in [0.25, 0.3) is 0 Å². The number of aliphatic carboxylic acids is 2. The highest BCUT2D eigenvalue weighted by molar-refractivity contribution is 5.69. The summed E-state index contributed by atoms with van der Waals surface area (Å²) in [6, 6.07) is 0. The van der Waals surface area contributed by atoms with Crippen molar-refractivity contribution in [3.05, 3.63) is 0 Å². The lowest BCUT2D eigenvalue weighted by molar-refractivity contribution is -0.141. The number of unbranched alkanes of at least 4 members (excludes halogenated alkanes) is 11. The van der Waals surface area contributed by atoms with Gasteiger partial charge in [-0.05, 0) is 12.8 Å². The van der Waals surface area contributed by atoms with Gasteiger partial charge in [-0.3, -0.25) is 9.59 Å². The molecule has 0 aliphatic heterocycles. The van der Waals surface area contributed by atoms with Crippen LogP contribution in [0.15, 0.2) is 0 Å². The Labute approximate surface area is 135 Å². The maximum absolute atomic E-state index is 10.7. The smallest absolute Gasteiger partial charge is 0.306 e. The molecule has 0 spiro atoms. The summed E-state index contributed by atoms with van der Waals surface area (Å²) in [5, 5.41) is 17.3. The quantitative estimate of drug-likeness (QED) is 0.381. The fourth-order valence-electron chi connectivity index (χ4n) is 2.62. The van der Waals surface area contributed by atoms with E-state index in [0.29, 0.717) is 6.42 Å². The number of hydrogen-bond acceptors (Lipinski definition) is 2. The zero-order valence-corrected chi connectivity index (χ0v) is 14.2. The first-order valence-corrected chi connectivity index (χ1v) is 8.98. The monoisotopic (exact) mass is 314 g/mol. The van der Waals surface area contributed by atoms with E-state index in [-0.39, 0.29) is 5.92 Å². The van der Waals surface area contributed by atoms with Crippen molar-refractivity contribution in [2.75, 3.05) is 0 Å². The zero-order chi connectivity index (χ0) is 16.6. The summed E-state index contributed by atoms with van der Waals surface area (Å²) in [4.78, 5) is 21.0. The Bertz CT molecular complexity index is 289. The Morgan fingerprint density at radius 3 is 1.41 bits per heavy atom. The molecule has 0 bridgehead atoms. The minimum Gasteiger partial charge on any atom is -0.481 e. The van der Waals surface area contributed by atoms with E-state index in [1.54, 1.807) is 6.92 Å². The molecule has 0 rings (SSSR count). The van der Waals surface area contributed by atoms with E-state index in [9.17, 15) is 9.59 Å². The molecule has 0 radical (unpaired) electrons. The molecule has 0 aromatic rings. The molecule has 0 heterocycles. The van der Waals surface area contributed by atoms with Gasteiger partial charge < -0.3 is 10.2 Å². The van der Waals surface area contributed by atoms with Crippen molar-refractivity contribution in [3.63, 3.8) is 0 Å². The average Bonchev–Trinajstić information content (AvgIpc) is 2.46. The maximum atomic E-state index is 10.7. The predicted octanol–water partition coefficient (Wildman–Crippen LogP) is 5.25. The Morgan fingerprint density at radius 1 is 0.682 bits per heavy atom. The minimum atomic E-state index is -0.683. The second kappa shape index (κ2) is 14.9. The van der Waals surface area contributed by atoms with E-state index in [4.69, 9.17) is 10.2 Å². The molecule has 0 saturated carbocycles. The van der Waals surface area contributed by atoms with Crippen molar-refractivity contribution in [1.29, 1.82) is 0 Å². The van der Waals surface area contributed by atoms with E-state index in [1.165, 1.54) is 44.9 Å². The fraction of sp³-hybridized carbons (Fsp3) is 0.889. The first kappa shape index (κ1) is 20.9. The Morgan fingerprint density at radius 2 is 1.05 bits per heavy atom. The van der Waals surface area contributed by atoms with Crippen LogP contribution in [0.1, 0.15) is 96.8 Å². The van der Waals surface area contributed by atoms with Crippen LogP contribution in [0.25, 0.3) is 0 Å². The van der Waals surface area contributed by atoms with E-state index >= 15 is 0 Å². The van der Waals surface area contributed by atoms with Crippen LogP contribution in [-0.4, -0.2) is 22.2 Å². The Hall–Kier alpha value is -1.06. The van der Waals surface area contributed by atoms with Gasteiger partial charge in [-0.2, -0.15) is 0 Å². The van der Waals surface area contributed by atoms with Crippen LogP contribution in [0, 0.1) is 5.92 Å². The van der Waals surface area contributed by atoms with Crippen LogP contribution in [0.3, 0.4) is 0 Å². The van der Waals surface area contributed by atoms with Crippen LogP contribution < -0.4 is 0 Å². The summed E-state index contributed by atoms with van der Waals surface area (Å²) in [7, 11) is 0. The molecule has 0 saturated heterocycles. The van der Waals surface area contributed by atoms with Gasteiger partial charge in [0, 0.05) is 6.42 Å². The number of carbonyl (C=O) groups is 2. The first-order valence-electron chi connectivity index (χ1n) is 8.98. The lowest BCUT2D eigenvalue weighted by atomic mass is 10.0. The zero-order valence-electron chi connectivity index (χ0n) is 14.2. The molecular weight excluding hydrogens is 280 g/mol. The highest BCUT2D eigenvalue weighted by Crippen LogP contribution is 2.14. The third kappa shape index (κ3) is 15.3. The molecule has 1 unspecified atom stereocenters. The molecule has 0 aromatic heterocycles. The molecule has 0 fully saturated rings. The summed E-state index contributed by atoms with van der Waals surface area (Å²) >= 11 is 0. The third-order valence-electron chi connectivity index (χ3n) is 4.20. The molecule has 0 amide bonds. The van der Waals surface area contributed by atoms with Gasteiger partial charge in [0.05, 0.1) is 5.92 Å². The SMILES string of the molecule is CC(CCCCCCCCCCCCCCC(=O)O)C(=O)O. The molecule has 0 aromatic carbocycles. The fourth-order valence-corrected chi connectivity index (χ4v) is 2.62. The van der Waals surface area contributed by atoms with Gasteiger partial charge in [0.2, 0.25) is 0 Å². The summed E-state index contributed by atoms with van der Waals surface area (Å²) < 4.78 is 0. The van der Waals surface area contributed by atoms with Crippen LogP contribution in [0.2, 0.25) is 0 Å². The summed E-state index contributed by atoms with van der Waals surface area (Å²) in [5.41, 5.74) is 0. The highest BCUT2D eigenvalue weighted by atomic mass is 16.4. The predicted molar refractivity (Wildman–Crippen MR) is 89.1 cm³/mol. The van der Waals surface area contributed by atoms with Crippen LogP contribution in [-0.2, 0) is 9.59 Å². The van der Waals surface area contributed by atoms with Gasteiger partial charge in [-0.25, -0.2) is 0 Å². The number of hydrogen-bond donors (Lipinski definition) is 2. The van der Waals surface area contributed by atoms with E-state index in [2.05, 4.69) is 0 Å². The standard InChI is InChI=1S/C18H34O4/c1-16(18(21)22)14-12-10-8-6-4-2-3-5-7-9-11-13-15-17(19)20/h16H,2-15H2,1H3,(H,19,20)(H,21,22). The van der Waals surface area contributed by atoms with E-state index < -0.39 is 11.9 Å². The minimum absolute atomic E-state index is 0.199. The molecule has 22 heavy (non-hydrogen) atoms. The summed E-state index contributed by atoms with van der Waals surface area (Å²) in [6.07, 6.45) is 15.2. The topological polar surface area (TPSA) is 74.6 Å². The van der Waals surface area contributed by atoms with Crippen molar-refractivity contribution in [2.45, 2.75) is 96.8 Å². The van der Waals surface area contributed by atoms with Crippen molar-refractivity contribution >= 4 is 11.9 Å².